The summed E-state index contributed by atoms with van der Waals surface area (Å²) in [6.07, 6.45) is 2.01. The Kier molecular flexibility index (Phi) is 2.95. The molecule has 0 aliphatic rings. The van der Waals surface area contributed by atoms with Crippen molar-refractivity contribution in [1.82, 2.24) is 10.2 Å². The molecule has 0 saturated carbocycles. The van der Waals surface area contributed by atoms with E-state index in [2.05, 4.69) is 59.6 Å². The highest BCUT2D eigenvalue weighted by molar-refractivity contribution is 5.87. The summed E-state index contributed by atoms with van der Waals surface area (Å²) in [5.74, 6) is 0.616. The van der Waals surface area contributed by atoms with Crippen molar-refractivity contribution < 1.29 is 0 Å². The molecule has 96 valence electrons. The van der Waals surface area contributed by atoms with Gasteiger partial charge in [-0.3, -0.25) is 5.10 Å². The van der Waals surface area contributed by atoms with Crippen molar-refractivity contribution in [2.75, 3.05) is 5.73 Å². The SMILES string of the molecule is CCCc1c(N)n[nH]c1-c1ccc2ccccc2c1. The van der Waals surface area contributed by atoms with Gasteiger partial charge in [-0.2, -0.15) is 5.10 Å². The molecule has 1 aromatic heterocycles. The van der Waals surface area contributed by atoms with Crippen molar-refractivity contribution in [2.45, 2.75) is 19.8 Å². The molecule has 3 N–H and O–H groups in total. The zero-order valence-corrected chi connectivity index (χ0v) is 11.0. The second kappa shape index (κ2) is 4.76. The number of nitrogens with one attached hydrogen (secondary N) is 1. The average molecular weight is 251 g/mol. The molecule has 1 heterocycles. The van der Waals surface area contributed by atoms with Crippen molar-refractivity contribution in [3.8, 4) is 11.3 Å². The van der Waals surface area contributed by atoms with E-state index in [1.165, 1.54) is 10.8 Å². The molecule has 3 aromatic rings. The van der Waals surface area contributed by atoms with Gasteiger partial charge < -0.3 is 5.73 Å². The lowest BCUT2D eigenvalue weighted by Crippen LogP contribution is -1.92. The Balaban J connectivity index is 2.13. The highest BCUT2D eigenvalue weighted by atomic mass is 15.2. The Labute approximate surface area is 112 Å². The molecule has 0 spiro atoms. The van der Waals surface area contributed by atoms with E-state index in [4.69, 9.17) is 5.73 Å². The van der Waals surface area contributed by atoms with Gasteiger partial charge in [-0.15, -0.1) is 0 Å². The number of anilines is 1. The van der Waals surface area contributed by atoms with Crippen LogP contribution in [0.1, 0.15) is 18.9 Å². The van der Waals surface area contributed by atoms with E-state index in [9.17, 15) is 0 Å². The number of H-pyrrole nitrogens is 1. The van der Waals surface area contributed by atoms with Crippen molar-refractivity contribution in [3.05, 3.63) is 48.0 Å². The maximum atomic E-state index is 5.94. The third kappa shape index (κ3) is 2.08. The number of hydrogen-bond donors (Lipinski definition) is 2. The maximum absolute atomic E-state index is 5.94. The molecule has 3 heteroatoms. The zero-order chi connectivity index (χ0) is 13.2. The van der Waals surface area contributed by atoms with Crippen LogP contribution in [0.25, 0.3) is 22.0 Å². The van der Waals surface area contributed by atoms with Crippen LogP contribution in [-0.2, 0) is 6.42 Å². The van der Waals surface area contributed by atoms with Gasteiger partial charge in [-0.1, -0.05) is 49.7 Å². The predicted octanol–water partition coefficient (Wildman–Crippen LogP) is 3.76. The Bertz CT molecular complexity index is 713. The summed E-state index contributed by atoms with van der Waals surface area (Å²) in [5, 5.41) is 9.69. The standard InChI is InChI=1S/C16H17N3/c1-2-5-14-15(18-19-16(14)17)13-9-8-11-6-3-4-7-12(11)10-13/h3-4,6-10H,2,5H2,1H3,(H3,17,18,19). The van der Waals surface area contributed by atoms with E-state index in [0.29, 0.717) is 5.82 Å². The molecule has 0 unspecified atom stereocenters. The second-order valence-electron chi connectivity index (χ2n) is 4.77. The molecule has 0 saturated heterocycles. The number of nitrogens with two attached hydrogens (primary N) is 1. The van der Waals surface area contributed by atoms with Crippen LogP contribution < -0.4 is 5.73 Å². The molecule has 0 aliphatic carbocycles. The van der Waals surface area contributed by atoms with E-state index in [1.807, 2.05) is 0 Å². The van der Waals surface area contributed by atoms with Crippen molar-refractivity contribution in [2.24, 2.45) is 0 Å². The first-order valence-corrected chi connectivity index (χ1v) is 6.61. The predicted molar refractivity (Wildman–Crippen MR) is 79.9 cm³/mol. The Hall–Kier alpha value is -2.29. The fourth-order valence-electron chi connectivity index (χ4n) is 2.47. The van der Waals surface area contributed by atoms with E-state index < -0.39 is 0 Å². The monoisotopic (exact) mass is 251 g/mol. The van der Waals surface area contributed by atoms with Gasteiger partial charge in [0.2, 0.25) is 0 Å². The lowest BCUT2D eigenvalue weighted by molar-refractivity contribution is 0.927. The molecule has 0 aliphatic heterocycles. The van der Waals surface area contributed by atoms with E-state index in [1.54, 1.807) is 0 Å². The number of aromatic amines is 1. The van der Waals surface area contributed by atoms with Gasteiger partial charge in [0, 0.05) is 11.1 Å². The Morgan fingerprint density at radius 1 is 1.11 bits per heavy atom. The minimum absolute atomic E-state index is 0.616. The quantitative estimate of drug-likeness (QED) is 0.744. The molecule has 0 fully saturated rings. The molecule has 0 bridgehead atoms. The number of aromatic nitrogens is 2. The number of rotatable bonds is 3. The molecular formula is C16H17N3. The Morgan fingerprint density at radius 3 is 2.68 bits per heavy atom. The molecule has 2 aromatic carbocycles. The second-order valence-corrected chi connectivity index (χ2v) is 4.77. The summed E-state index contributed by atoms with van der Waals surface area (Å²) in [6, 6.07) is 14.8. The van der Waals surface area contributed by atoms with E-state index in [0.717, 1.165) is 29.7 Å². The molecular weight excluding hydrogens is 234 g/mol. The summed E-state index contributed by atoms with van der Waals surface area (Å²) >= 11 is 0. The third-order valence-electron chi connectivity index (χ3n) is 3.44. The minimum atomic E-state index is 0.616. The smallest absolute Gasteiger partial charge is 0.149 e. The van der Waals surface area contributed by atoms with Crippen molar-refractivity contribution in [1.29, 1.82) is 0 Å². The highest BCUT2D eigenvalue weighted by Gasteiger charge is 2.11. The Morgan fingerprint density at radius 2 is 1.89 bits per heavy atom. The third-order valence-corrected chi connectivity index (χ3v) is 3.44. The topological polar surface area (TPSA) is 54.7 Å². The normalized spacial score (nSPS) is 11.0. The van der Waals surface area contributed by atoms with Gasteiger partial charge in [-0.05, 0) is 23.3 Å². The fraction of sp³-hybridized carbons (Fsp3) is 0.188. The van der Waals surface area contributed by atoms with E-state index in [-0.39, 0.29) is 0 Å². The zero-order valence-electron chi connectivity index (χ0n) is 11.0. The molecule has 0 amide bonds. The summed E-state index contributed by atoms with van der Waals surface area (Å²) < 4.78 is 0. The van der Waals surface area contributed by atoms with Gasteiger partial charge in [0.1, 0.15) is 5.82 Å². The molecule has 3 rings (SSSR count). The van der Waals surface area contributed by atoms with Crippen molar-refractivity contribution >= 4 is 16.6 Å². The van der Waals surface area contributed by atoms with Crippen LogP contribution >= 0.6 is 0 Å². The highest BCUT2D eigenvalue weighted by Crippen LogP contribution is 2.28. The molecule has 19 heavy (non-hydrogen) atoms. The first kappa shape index (κ1) is 11.8. The number of nitrogen functional groups attached to an aromatic ring is 1. The van der Waals surface area contributed by atoms with Crippen molar-refractivity contribution in [3.63, 3.8) is 0 Å². The molecule has 3 nitrogen and oxygen atoms in total. The van der Waals surface area contributed by atoms with Gasteiger partial charge in [0.15, 0.2) is 0 Å². The first-order valence-electron chi connectivity index (χ1n) is 6.61. The lowest BCUT2D eigenvalue weighted by Gasteiger charge is -2.05. The fourth-order valence-corrected chi connectivity index (χ4v) is 2.47. The van der Waals surface area contributed by atoms with Crippen LogP contribution in [0.15, 0.2) is 42.5 Å². The average Bonchev–Trinajstić information content (AvgIpc) is 2.80. The van der Waals surface area contributed by atoms with Gasteiger partial charge in [0.25, 0.3) is 0 Å². The van der Waals surface area contributed by atoms with Gasteiger partial charge >= 0.3 is 0 Å². The molecule has 0 radical (unpaired) electrons. The largest absolute Gasteiger partial charge is 0.382 e. The summed E-state index contributed by atoms with van der Waals surface area (Å²) in [7, 11) is 0. The first-order chi connectivity index (χ1) is 9.29. The minimum Gasteiger partial charge on any atom is -0.382 e. The number of nitrogens with zero attached hydrogens (tertiary/aromatic N) is 1. The van der Waals surface area contributed by atoms with Crippen LogP contribution in [0.5, 0.6) is 0 Å². The summed E-state index contributed by atoms with van der Waals surface area (Å²) in [4.78, 5) is 0. The number of fused-ring (bicyclic) bond motifs is 1. The van der Waals surface area contributed by atoms with Gasteiger partial charge in [-0.25, -0.2) is 0 Å². The van der Waals surface area contributed by atoms with Crippen LogP contribution in [0.2, 0.25) is 0 Å². The van der Waals surface area contributed by atoms with Gasteiger partial charge in [0.05, 0.1) is 5.69 Å². The lowest BCUT2D eigenvalue weighted by atomic mass is 10.0. The summed E-state index contributed by atoms with van der Waals surface area (Å²) in [5.41, 5.74) is 9.25. The van der Waals surface area contributed by atoms with Crippen LogP contribution in [0.3, 0.4) is 0 Å². The summed E-state index contributed by atoms with van der Waals surface area (Å²) in [6.45, 7) is 2.15. The van der Waals surface area contributed by atoms with Crippen LogP contribution in [0, 0.1) is 0 Å². The molecule has 0 atom stereocenters. The maximum Gasteiger partial charge on any atom is 0.149 e. The van der Waals surface area contributed by atoms with Crippen LogP contribution in [-0.4, -0.2) is 10.2 Å². The number of benzene rings is 2. The van der Waals surface area contributed by atoms with E-state index >= 15 is 0 Å². The number of hydrogen-bond acceptors (Lipinski definition) is 2. The van der Waals surface area contributed by atoms with Crippen LogP contribution in [0.4, 0.5) is 5.82 Å².